The Morgan fingerprint density at radius 2 is 1.71 bits per heavy atom. The topological polar surface area (TPSA) is 17.8 Å². The maximum Gasteiger partial charge on any atom is 0.118 e. The highest BCUT2D eigenvalue weighted by Gasteiger charge is 1.99. The maximum absolute atomic E-state index is 4.27. The highest BCUT2D eigenvalue weighted by atomic mass is 32.1. The normalized spacial score (nSPS) is 10.9. The quantitative estimate of drug-likeness (QED) is 0.482. The van der Waals surface area contributed by atoms with Crippen molar-refractivity contribution in [1.29, 1.82) is 0 Å². The zero-order chi connectivity index (χ0) is 12.3. The van der Waals surface area contributed by atoms with Gasteiger partial charge in [0.15, 0.2) is 0 Å². The predicted octanol–water partition coefficient (Wildman–Crippen LogP) is 4.45. The summed E-state index contributed by atoms with van der Waals surface area (Å²) in [6.07, 6.45) is 14.9. The van der Waals surface area contributed by atoms with E-state index in [1.54, 1.807) is 0 Å². The molecular formula is C14H26N2S. The van der Waals surface area contributed by atoms with Crippen LogP contribution in [0.25, 0.3) is 0 Å². The molecule has 98 valence electrons. The molecule has 0 N–H and O–H groups in total. The molecule has 1 heterocycles. The standard InChI is InChI=1S/C14H26N2S/c1-2-3-4-5-6-7-8-9-11-16-12-10-15-14(16)13-17/h10,12,17H,2-9,11,13H2,1H3. The van der Waals surface area contributed by atoms with E-state index in [1.807, 2.05) is 6.20 Å². The summed E-state index contributed by atoms with van der Waals surface area (Å²) in [6, 6.07) is 0. The summed E-state index contributed by atoms with van der Waals surface area (Å²) in [6.45, 7) is 3.37. The molecule has 0 aliphatic heterocycles. The fourth-order valence-electron chi connectivity index (χ4n) is 2.11. The minimum Gasteiger partial charge on any atom is -0.334 e. The van der Waals surface area contributed by atoms with Crippen molar-refractivity contribution < 1.29 is 0 Å². The lowest BCUT2D eigenvalue weighted by atomic mass is 10.1. The molecule has 0 unspecified atom stereocenters. The largest absolute Gasteiger partial charge is 0.334 e. The van der Waals surface area contributed by atoms with Crippen molar-refractivity contribution in [3.63, 3.8) is 0 Å². The number of aryl methyl sites for hydroxylation is 1. The van der Waals surface area contributed by atoms with E-state index in [4.69, 9.17) is 0 Å². The van der Waals surface area contributed by atoms with Crippen LogP contribution in [0.2, 0.25) is 0 Å². The summed E-state index contributed by atoms with van der Waals surface area (Å²) >= 11 is 4.27. The summed E-state index contributed by atoms with van der Waals surface area (Å²) in [5.41, 5.74) is 0. The second kappa shape index (κ2) is 9.58. The van der Waals surface area contributed by atoms with Crippen molar-refractivity contribution in [2.75, 3.05) is 0 Å². The van der Waals surface area contributed by atoms with Crippen molar-refractivity contribution in [3.05, 3.63) is 18.2 Å². The Kier molecular flexibility index (Phi) is 8.24. The number of rotatable bonds is 10. The van der Waals surface area contributed by atoms with Crippen LogP contribution in [0.3, 0.4) is 0 Å². The fourth-order valence-corrected chi connectivity index (χ4v) is 2.37. The summed E-state index contributed by atoms with van der Waals surface area (Å²) in [4.78, 5) is 4.27. The van der Waals surface area contributed by atoms with E-state index < -0.39 is 0 Å². The number of aromatic nitrogens is 2. The first kappa shape index (κ1) is 14.6. The van der Waals surface area contributed by atoms with Gasteiger partial charge in [-0.15, -0.1) is 0 Å². The molecule has 1 rings (SSSR count). The Morgan fingerprint density at radius 1 is 1.06 bits per heavy atom. The van der Waals surface area contributed by atoms with Crippen LogP contribution in [0.5, 0.6) is 0 Å². The third-order valence-corrected chi connectivity index (χ3v) is 3.48. The third kappa shape index (κ3) is 6.16. The number of unbranched alkanes of at least 4 members (excludes halogenated alkanes) is 7. The van der Waals surface area contributed by atoms with Gasteiger partial charge in [0.1, 0.15) is 5.82 Å². The first-order valence-corrected chi connectivity index (χ1v) is 7.62. The molecule has 2 nitrogen and oxygen atoms in total. The Bertz CT molecular complexity index is 284. The highest BCUT2D eigenvalue weighted by Crippen LogP contribution is 2.10. The molecule has 0 aliphatic carbocycles. The van der Waals surface area contributed by atoms with E-state index in [2.05, 4.69) is 35.3 Å². The minimum atomic E-state index is 0.740. The zero-order valence-corrected chi connectivity index (χ0v) is 12.0. The van der Waals surface area contributed by atoms with Crippen LogP contribution in [0.1, 0.15) is 64.1 Å². The number of hydrogen-bond acceptors (Lipinski definition) is 2. The molecule has 0 aliphatic rings. The molecule has 1 aromatic heterocycles. The highest BCUT2D eigenvalue weighted by molar-refractivity contribution is 7.79. The number of imidazole rings is 1. The van der Waals surface area contributed by atoms with Crippen molar-refractivity contribution in [3.8, 4) is 0 Å². The lowest BCUT2D eigenvalue weighted by molar-refractivity contribution is 0.538. The van der Waals surface area contributed by atoms with Crippen molar-refractivity contribution in [1.82, 2.24) is 9.55 Å². The Labute approximate surface area is 111 Å². The molecule has 0 bridgehead atoms. The lowest BCUT2D eigenvalue weighted by Gasteiger charge is -2.06. The zero-order valence-electron chi connectivity index (χ0n) is 11.1. The monoisotopic (exact) mass is 254 g/mol. The SMILES string of the molecule is CCCCCCCCCCn1ccnc1CS. The van der Waals surface area contributed by atoms with Crippen LogP contribution in [-0.2, 0) is 12.3 Å². The summed E-state index contributed by atoms with van der Waals surface area (Å²) < 4.78 is 2.23. The number of thiol groups is 1. The van der Waals surface area contributed by atoms with Crippen molar-refractivity contribution >= 4 is 12.6 Å². The maximum atomic E-state index is 4.27. The van der Waals surface area contributed by atoms with E-state index in [1.165, 1.54) is 51.4 Å². The minimum absolute atomic E-state index is 0.740. The van der Waals surface area contributed by atoms with Gasteiger partial charge in [-0.25, -0.2) is 4.98 Å². The van der Waals surface area contributed by atoms with Gasteiger partial charge in [0, 0.05) is 24.7 Å². The Balaban J connectivity index is 1.97. The van der Waals surface area contributed by atoms with E-state index >= 15 is 0 Å². The predicted molar refractivity (Wildman–Crippen MR) is 77.5 cm³/mol. The third-order valence-electron chi connectivity index (χ3n) is 3.20. The molecule has 0 atom stereocenters. The van der Waals surface area contributed by atoms with Gasteiger partial charge in [0.2, 0.25) is 0 Å². The summed E-state index contributed by atoms with van der Waals surface area (Å²) in [5, 5.41) is 0. The second-order valence-corrected chi connectivity index (χ2v) is 4.99. The van der Waals surface area contributed by atoms with E-state index in [9.17, 15) is 0 Å². The first-order chi connectivity index (χ1) is 8.38. The van der Waals surface area contributed by atoms with Crippen molar-refractivity contribution in [2.45, 2.75) is 70.6 Å². The van der Waals surface area contributed by atoms with Gasteiger partial charge in [0.25, 0.3) is 0 Å². The average Bonchev–Trinajstić information content (AvgIpc) is 2.80. The van der Waals surface area contributed by atoms with Crippen LogP contribution < -0.4 is 0 Å². The van der Waals surface area contributed by atoms with Gasteiger partial charge < -0.3 is 4.57 Å². The average molecular weight is 254 g/mol. The molecule has 0 aromatic carbocycles. The molecule has 0 saturated carbocycles. The number of nitrogens with zero attached hydrogens (tertiary/aromatic N) is 2. The second-order valence-electron chi connectivity index (χ2n) is 4.67. The van der Waals surface area contributed by atoms with Gasteiger partial charge in [-0.2, -0.15) is 12.6 Å². The van der Waals surface area contributed by atoms with Crippen LogP contribution >= 0.6 is 12.6 Å². The molecule has 1 aromatic rings. The molecule has 0 spiro atoms. The first-order valence-electron chi connectivity index (χ1n) is 6.99. The fraction of sp³-hybridized carbons (Fsp3) is 0.786. The van der Waals surface area contributed by atoms with Crippen LogP contribution in [0, 0.1) is 0 Å². The van der Waals surface area contributed by atoms with Crippen LogP contribution in [0.4, 0.5) is 0 Å². The van der Waals surface area contributed by atoms with E-state index in [0.29, 0.717) is 0 Å². The lowest BCUT2D eigenvalue weighted by Crippen LogP contribution is -2.01. The summed E-state index contributed by atoms with van der Waals surface area (Å²) in [7, 11) is 0. The Hall–Kier alpha value is -0.440. The van der Waals surface area contributed by atoms with Crippen molar-refractivity contribution in [2.24, 2.45) is 0 Å². The molecule has 0 radical (unpaired) electrons. The van der Waals surface area contributed by atoms with Gasteiger partial charge in [-0.05, 0) is 6.42 Å². The molecule has 0 fully saturated rings. The van der Waals surface area contributed by atoms with E-state index in [-0.39, 0.29) is 0 Å². The summed E-state index contributed by atoms with van der Waals surface area (Å²) in [5.74, 6) is 1.83. The van der Waals surface area contributed by atoms with Gasteiger partial charge in [0.05, 0.1) is 0 Å². The van der Waals surface area contributed by atoms with Gasteiger partial charge in [-0.1, -0.05) is 51.9 Å². The van der Waals surface area contributed by atoms with E-state index in [0.717, 1.165) is 18.1 Å². The molecule has 3 heteroatoms. The molecule has 0 amide bonds. The molecule has 17 heavy (non-hydrogen) atoms. The van der Waals surface area contributed by atoms with Gasteiger partial charge in [-0.3, -0.25) is 0 Å². The number of hydrogen-bond donors (Lipinski definition) is 1. The van der Waals surface area contributed by atoms with Crippen LogP contribution in [0.15, 0.2) is 12.4 Å². The smallest absolute Gasteiger partial charge is 0.118 e. The van der Waals surface area contributed by atoms with Gasteiger partial charge >= 0.3 is 0 Å². The van der Waals surface area contributed by atoms with Crippen LogP contribution in [-0.4, -0.2) is 9.55 Å². The molecule has 0 saturated heterocycles. The molecular weight excluding hydrogens is 228 g/mol. The Morgan fingerprint density at radius 3 is 2.35 bits per heavy atom.